The zero-order valence-electron chi connectivity index (χ0n) is 11.2. The third-order valence-electron chi connectivity index (χ3n) is 2.66. The Kier molecular flexibility index (Phi) is 5.18. The molecule has 0 saturated heterocycles. The van der Waals surface area contributed by atoms with Crippen LogP contribution in [0, 0.1) is 16.5 Å². The number of amides is 1. The highest BCUT2D eigenvalue weighted by Crippen LogP contribution is 2.14. The van der Waals surface area contributed by atoms with Crippen molar-refractivity contribution in [2.75, 3.05) is 11.1 Å². The van der Waals surface area contributed by atoms with Crippen LogP contribution in [0.5, 0.6) is 0 Å². The molecule has 0 bridgehead atoms. The van der Waals surface area contributed by atoms with Crippen molar-refractivity contribution in [1.82, 2.24) is 0 Å². The predicted molar refractivity (Wildman–Crippen MR) is 80.5 cm³/mol. The van der Waals surface area contributed by atoms with Gasteiger partial charge in [0.25, 0.3) is 5.03 Å². The molecule has 0 unspecified atom stereocenters. The molecule has 1 aromatic carbocycles. The van der Waals surface area contributed by atoms with Crippen LogP contribution in [0.25, 0.3) is 0 Å². The first-order valence-corrected chi connectivity index (χ1v) is 7.24. The van der Waals surface area contributed by atoms with Crippen molar-refractivity contribution in [3.63, 3.8) is 0 Å². The van der Waals surface area contributed by atoms with Gasteiger partial charge in [-0.05, 0) is 35.5 Å². The van der Waals surface area contributed by atoms with E-state index < -0.39 is 0 Å². The highest BCUT2D eigenvalue weighted by molar-refractivity contribution is 7.99. The van der Waals surface area contributed by atoms with Crippen molar-refractivity contribution in [3.8, 4) is 6.07 Å². The van der Waals surface area contributed by atoms with Gasteiger partial charge in [0, 0.05) is 17.8 Å². The number of hydrogen-bond acceptors (Lipinski definition) is 4. The average molecular weight is 299 g/mol. The van der Waals surface area contributed by atoms with Crippen LogP contribution in [-0.2, 0) is 11.2 Å². The maximum atomic E-state index is 11.8. The predicted octanol–water partition coefficient (Wildman–Crippen LogP) is 2.12. The van der Waals surface area contributed by atoms with E-state index in [9.17, 15) is 10.0 Å². The lowest BCUT2D eigenvalue weighted by Crippen LogP contribution is -2.28. The largest absolute Gasteiger partial charge is 0.618 e. The molecule has 106 valence electrons. The van der Waals surface area contributed by atoms with Gasteiger partial charge in [-0.2, -0.15) is 9.99 Å². The minimum absolute atomic E-state index is 0.159. The van der Waals surface area contributed by atoms with E-state index >= 15 is 0 Å². The minimum Gasteiger partial charge on any atom is -0.618 e. The fourth-order valence-corrected chi connectivity index (χ4v) is 2.37. The number of aromatic nitrogens is 1. The zero-order valence-corrected chi connectivity index (χ0v) is 12.0. The summed E-state index contributed by atoms with van der Waals surface area (Å²) in [6, 6.07) is 14.2. The monoisotopic (exact) mass is 299 g/mol. The van der Waals surface area contributed by atoms with Gasteiger partial charge in [-0.1, -0.05) is 12.1 Å². The highest BCUT2D eigenvalue weighted by atomic mass is 32.2. The summed E-state index contributed by atoms with van der Waals surface area (Å²) >= 11 is 1.18. The molecular formula is C15H13N3O2S. The Morgan fingerprint density at radius 1 is 1.29 bits per heavy atom. The van der Waals surface area contributed by atoms with Crippen LogP contribution < -0.4 is 10.0 Å². The van der Waals surface area contributed by atoms with E-state index in [4.69, 9.17) is 5.26 Å². The number of carbonyl (C=O) groups excluding carboxylic acids is 1. The highest BCUT2D eigenvalue weighted by Gasteiger charge is 2.09. The lowest BCUT2D eigenvalue weighted by Gasteiger charge is -2.06. The molecule has 0 aliphatic rings. The van der Waals surface area contributed by atoms with Crippen molar-refractivity contribution in [2.45, 2.75) is 11.4 Å². The van der Waals surface area contributed by atoms with E-state index in [1.54, 1.807) is 42.5 Å². The first kappa shape index (κ1) is 14.9. The van der Waals surface area contributed by atoms with E-state index in [2.05, 4.69) is 11.4 Å². The van der Waals surface area contributed by atoms with Crippen molar-refractivity contribution >= 4 is 23.4 Å². The molecule has 0 aliphatic heterocycles. The Balaban J connectivity index is 1.87. The van der Waals surface area contributed by atoms with Gasteiger partial charge in [0.2, 0.25) is 5.91 Å². The summed E-state index contributed by atoms with van der Waals surface area (Å²) in [6.07, 6.45) is 1.75. The van der Waals surface area contributed by atoms with Crippen molar-refractivity contribution in [2.24, 2.45) is 0 Å². The van der Waals surface area contributed by atoms with Gasteiger partial charge in [0.1, 0.15) is 0 Å². The Morgan fingerprint density at radius 3 is 2.71 bits per heavy atom. The standard InChI is InChI=1S/C15H13N3O2S/c16-9-8-12-4-6-13(7-5-12)17-14(19)11-21-15-3-1-2-10-18(15)20/h1-7,10H,8,11H2,(H,17,19). The molecule has 1 N–H and O–H groups in total. The number of nitrogens with one attached hydrogen (secondary N) is 1. The summed E-state index contributed by atoms with van der Waals surface area (Å²) in [7, 11) is 0. The molecule has 21 heavy (non-hydrogen) atoms. The molecule has 2 aromatic rings. The number of anilines is 1. The Morgan fingerprint density at radius 2 is 2.05 bits per heavy atom. The summed E-state index contributed by atoms with van der Waals surface area (Å²) in [6.45, 7) is 0. The number of hydrogen-bond donors (Lipinski definition) is 1. The number of thioether (sulfide) groups is 1. The quantitative estimate of drug-likeness (QED) is 0.521. The Bertz CT molecular complexity index is 665. The van der Waals surface area contributed by atoms with Gasteiger partial charge in [-0.3, -0.25) is 4.79 Å². The van der Waals surface area contributed by atoms with E-state index in [0.29, 0.717) is 17.1 Å². The molecule has 2 rings (SSSR count). The van der Waals surface area contributed by atoms with E-state index in [-0.39, 0.29) is 11.7 Å². The first-order chi connectivity index (χ1) is 10.2. The smallest absolute Gasteiger partial charge is 0.251 e. The van der Waals surface area contributed by atoms with E-state index in [0.717, 1.165) is 10.3 Å². The lowest BCUT2D eigenvalue weighted by molar-refractivity contribution is -0.645. The normalized spacial score (nSPS) is 9.86. The summed E-state index contributed by atoms with van der Waals surface area (Å²) in [4.78, 5) is 11.8. The van der Waals surface area contributed by atoms with E-state index in [1.807, 2.05) is 0 Å². The van der Waals surface area contributed by atoms with E-state index in [1.165, 1.54) is 18.0 Å². The topological polar surface area (TPSA) is 79.8 Å². The maximum Gasteiger partial charge on any atom is 0.251 e. The molecule has 1 aromatic heterocycles. The van der Waals surface area contributed by atoms with Crippen LogP contribution in [0.2, 0.25) is 0 Å². The molecule has 1 heterocycles. The second kappa shape index (κ2) is 7.31. The first-order valence-electron chi connectivity index (χ1n) is 6.26. The van der Waals surface area contributed by atoms with Gasteiger partial charge in [-0.25, -0.2) is 0 Å². The molecule has 1 amide bonds. The van der Waals surface area contributed by atoms with Gasteiger partial charge in [0.15, 0.2) is 6.20 Å². The van der Waals surface area contributed by atoms with Crippen molar-refractivity contribution in [3.05, 3.63) is 59.4 Å². The zero-order chi connectivity index (χ0) is 15.1. The molecule has 0 aliphatic carbocycles. The van der Waals surface area contributed by atoms with Gasteiger partial charge >= 0.3 is 0 Å². The molecule has 0 atom stereocenters. The van der Waals surface area contributed by atoms with Crippen LogP contribution >= 0.6 is 11.8 Å². The number of carbonyl (C=O) groups is 1. The number of pyridine rings is 1. The van der Waals surface area contributed by atoms with Crippen LogP contribution in [0.4, 0.5) is 5.69 Å². The molecular weight excluding hydrogens is 286 g/mol. The third-order valence-corrected chi connectivity index (χ3v) is 3.68. The number of rotatable bonds is 5. The van der Waals surface area contributed by atoms with Crippen molar-refractivity contribution in [1.29, 1.82) is 5.26 Å². The lowest BCUT2D eigenvalue weighted by atomic mass is 10.1. The molecule has 5 nitrogen and oxygen atoms in total. The Labute approximate surface area is 126 Å². The number of nitrogens with zero attached hydrogens (tertiary/aromatic N) is 2. The summed E-state index contributed by atoms with van der Waals surface area (Å²) in [5.41, 5.74) is 1.58. The number of nitriles is 1. The van der Waals surface area contributed by atoms with Crippen LogP contribution in [0.3, 0.4) is 0 Å². The fraction of sp³-hybridized carbons (Fsp3) is 0.133. The average Bonchev–Trinajstić information content (AvgIpc) is 2.49. The van der Waals surface area contributed by atoms with Crippen molar-refractivity contribution < 1.29 is 9.52 Å². The molecule has 0 spiro atoms. The van der Waals surface area contributed by atoms with Gasteiger partial charge in [-0.15, -0.1) is 0 Å². The number of benzene rings is 1. The third kappa shape index (κ3) is 4.51. The maximum absolute atomic E-state index is 11.8. The van der Waals surface area contributed by atoms with Gasteiger partial charge in [0.05, 0.1) is 18.2 Å². The Hall–Kier alpha value is -2.52. The van der Waals surface area contributed by atoms with Gasteiger partial charge < -0.3 is 10.5 Å². The summed E-state index contributed by atoms with van der Waals surface area (Å²) < 4.78 is 0.731. The summed E-state index contributed by atoms with van der Waals surface area (Å²) in [5, 5.41) is 23.2. The second-order valence-electron chi connectivity index (χ2n) is 4.23. The molecule has 6 heteroatoms. The van der Waals surface area contributed by atoms with Crippen LogP contribution in [0.1, 0.15) is 5.56 Å². The van der Waals surface area contributed by atoms with Crippen LogP contribution in [0.15, 0.2) is 53.7 Å². The fourth-order valence-electron chi connectivity index (χ4n) is 1.66. The SMILES string of the molecule is N#CCc1ccc(NC(=O)CSc2cccc[n+]2[O-])cc1. The second-order valence-corrected chi connectivity index (χ2v) is 5.23. The van der Waals surface area contributed by atoms with Crippen LogP contribution in [-0.4, -0.2) is 11.7 Å². The molecule has 0 saturated carbocycles. The minimum atomic E-state index is -0.183. The molecule has 0 radical (unpaired) electrons. The molecule has 0 fully saturated rings. The summed E-state index contributed by atoms with van der Waals surface area (Å²) in [5.74, 6) is -0.0245.